The van der Waals surface area contributed by atoms with E-state index in [0.29, 0.717) is 0 Å². The molecule has 86 valence electrons. The number of nitrogens with zero attached hydrogens (tertiary/aromatic N) is 4. The summed E-state index contributed by atoms with van der Waals surface area (Å²) in [6.45, 7) is 8.72. The van der Waals surface area contributed by atoms with Crippen LogP contribution in [0.15, 0.2) is 0 Å². The van der Waals surface area contributed by atoms with Crippen molar-refractivity contribution in [2.24, 2.45) is 0 Å². The second kappa shape index (κ2) is 4.44. The summed E-state index contributed by atoms with van der Waals surface area (Å²) in [6.07, 6.45) is 0.222. The lowest BCUT2D eigenvalue weighted by atomic mass is 10.4. The molecular weight excluding hydrogens is 196 g/mol. The van der Waals surface area contributed by atoms with Gasteiger partial charge in [-0.2, -0.15) is 0 Å². The van der Waals surface area contributed by atoms with E-state index < -0.39 is 5.97 Å². The van der Waals surface area contributed by atoms with Crippen LogP contribution in [-0.2, 0) is 4.79 Å². The van der Waals surface area contributed by atoms with Gasteiger partial charge in [-0.25, -0.2) is 0 Å². The zero-order valence-corrected chi connectivity index (χ0v) is 9.09. The Morgan fingerprint density at radius 2 is 1.13 bits per heavy atom. The quantitative estimate of drug-likeness (QED) is 0.633. The first-order valence-electron chi connectivity index (χ1n) is 5.28. The van der Waals surface area contributed by atoms with E-state index in [1.807, 2.05) is 0 Å². The molecule has 4 aliphatic heterocycles. The van der Waals surface area contributed by atoms with Crippen LogP contribution in [0.4, 0.5) is 0 Å². The number of carboxylic acids is 1. The van der Waals surface area contributed by atoms with Gasteiger partial charge in [-0.15, -0.1) is 0 Å². The summed E-state index contributed by atoms with van der Waals surface area (Å²) in [5, 5.41) is 7.72. The van der Waals surface area contributed by atoms with E-state index in [4.69, 9.17) is 5.11 Å². The van der Waals surface area contributed by atoms with Gasteiger partial charge in [0.05, 0.1) is 40.0 Å². The van der Waals surface area contributed by atoms with Gasteiger partial charge in [-0.05, 0) is 0 Å². The second-order valence-electron chi connectivity index (χ2n) is 4.28. The van der Waals surface area contributed by atoms with Crippen molar-refractivity contribution in [1.82, 2.24) is 19.6 Å². The number of rotatable bonds is 1. The number of carboxylic acid groups (broad SMARTS) is 1. The maximum atomic E-state index is 9.37. The van der Waals surface area contributed by atoms with Gasteiger partial charge in [-0.3, -0.25) is 24.4 Å². The van der Waals surface area contributed by atoms with Crippen LogP contribution in [0.1, 0.15) is 13.3 Å². The molecule has 0 spiro atoms. The molecule has 0 radical (unpaired) electrons. The van der Waals surface area contributed by atoms with Crippen molar-refractivity contribution in [3.63, 3.8) is 0 Å². The summed E-state index contributed by atoms with van der Waals surface area (Å²) in [5.74, 6) is -0.745. The molecule has 4 aliphatic rings. The molecular formula is C9H18N4O2. The molecule has 6 heteroatoms. The third-order valence-electron chi connectivity index (χ3n) is 2.70. The maximum Gasteiger partial charge on any atom is 0.303 e. The van der Waals surface area contributed by atoms with E-state index >= 15 is 0 Å². The Kier molecular flexibility index (Phi) is 3.20. The van der Waals surface area contributed by atoms with E-state index in [1.165, 1.54) is 40.0 Å². The van der Waals surface area contributed by atoms with Crippen molar-refractivity contribution in [2.45, 2.75) is 13.3 Å². The lowest BCUT2D eigenvalue weighted by Gasteiger charge is -2.56. The first kappa shape index (κ1) is 10.8. The Hall–Kier alpha value is -0.690. The molecule has 4 fully saturated rings. The van der Waals surface area contributed by atoms with Crippen LogP contribution in [-0.4, -0.2) is 70.7 Å². The molecule has 0 aromatic rings. The van der Waals surface area contributed by atoms with Crippen LogP contribution >= 0.6 is 0 Å². The van der Waals surface area contributed by atoms with Gasteiger partial charge in [-0.1, -0.05) is 6.92 Å². The number of hydrogen-bond donors (Lipinski definition) is 1. The molecule has 0 saturated carbocycles. The van der Waals surface area contributed by atoms with Crippen molar-refractivity contribution in [3.8, 4) is 0 Å². The molecule has 0 unspecified atom stereocenters. The fraction of sp³-hybridized carbons (Fsp3) is 0.889. The second-order valence-corrected chi connectivity index (χ2v) is 4.28. The van der Waals surface area contributed by atoms with E-state index in [1.54, 1.807) is 6.92 Å². The summed E-state index contributed by atoms with van der Waals surface area (Å²) in [4.78, 5) is 19.2. The first-order chi connectivity index (χ1) is 7.17. The summed E-state index contributed by atoms with van der Waals surface area (Å²) in [7, 11) is 0. The third-order valence-corrected chi connectivity index (χ3v) is 2.70. The summed E-state index contributed by atoms with van der Waals surface area (Å²) in [5.41, 5.74) is 0. The van der Waals surface area contributed by atoms with Crippen molar-refractivity contribution in [2.75, 3.05) is 40.0 Å². The van der Waals surface area contributed by atoms with Gasteiger partial charge < -0.3 is 5.11 Å². The highest BCUT2D eigenvalue weighted by atomic mass is 16.4. The Labute approximate surface area is 89.6 Å². The Bertz CT molecular complexity index is 190. The van der Waals surface area contributed by atoms with E-state index in [2.05, 4.69) is 19.6 Å². The van der Waals surface area contributed by atoms with E-state index in [9.17, 15) is 4.79 Å². The van der Waals surface area contributed by atoms with Gasteiger partial charge in [0, 0.05) is 6.42 Å². The number of hydrogen-bond acceptors (Lipinski definition) is 5. The van der Waals surface area contributed by atoms with E-state index in [-0.39, 0.29) is 6.42 Å². The molecule has 1 N–H and O–H groups in total. The zero-order valence-electron chi connectivity index (χ0n) is 9.09. The minimum Gasteiger partial charge on any atom is -0.481 e. The molecule has 0 aromatic carbocycles. The van der Waals surface area contributed by atoms with Crippen molar-refractivity contribution in [3.05, 3.63) is 0 Å². The maximum absolute atomic E-state index is 9.37. The van der Waals surface area contributed by atoms with Crippen molar-refractivity contribution < 1.29 is 9.90 Å². The van der Waals surface area contributed by atoms with Gasteiger partial charge >= 0.3 is 5.97 Å². The van der Waals surface area contributed by atoms with Crippen LogP contribution < -0.4 is 0 Å². The van der Waals surface area contributed by atoms with Crippen LogP contribution in [0.3, 0.4) is 0 Å². The SMILES string of the molecule is C1N2CN3CN1CN(C2)C3.CCC(=O)O. The molecule has 0 aliphatic carbocycles. The summed E-state index contributed by atoms with van der Waals surface area (Å²) in [6, 6.07) is 0. The number of aliphatic carboxylic acids is 1. The molecule has 4 bridgehead atoms. The molecule has 0 atom stereocenters. The molecule has 0 aromatic heterocycles. The predicted molar refractivity (Wildman–Crippen MR) is 54.5 cm³/mol. The average molecular weight is 214 g/mol. The van der Waals surface area contributed by atoms with Crippen LogP contribution in [0.5, 0.6) is 0 Å². The van der Waals surface area contributed by atoms with Gasteiger partial charge in [0.2, 0.25) is 0 Å². The normalized spacial score (nSPS) is 40.9. The highest BCUT2D eigenvalue weighted by Gasteiger charge is 2.36. The molecule has 4 heterocycles. The average Bonchev–Trinajstić information content (AvgIpc) is 2.16. The predicted octanol–water partition coefficient (Wildman–Crippen LogP) is -0.539. The van der Waals surface area contributed by atoms with Gasteiger partial charge in [0.25, 0.3) is 0 Å². The minimum absolute atomic E-state index is 0.222. The van der Waals surface area contributed by atoms with E-state index in [0.717, 1.165) is 0 Å². The number of carbonyl (C=O) groups is 1. The third kappa shape index (κ3) is 2.66. The molecule has 4 saturated heterocycles. The molecule has 4 rings (SSSR count). The summed E-state index contributed by atoms with van der Waals surface area (Å²) >= 11 is 0. The highest BCUT2D eigenvalue weighted by molar-refractivity contribution is 5.66. The van der Waals surface area contributed by atoms with Crippen LogP contribution in [0, 0.1) is 0 Å². The summed E-state index contributed by atoms with van der Waals surface area (Å²) < 4.78 is 0. The van der Waals surface area contributed by atoms with Crippen LogP contribution in [0.2, 0.25) is 0 Å². The van der Waals surface area contributed by atoms with Gasteiger partial charge in [0.15, 0.2) is 0 Å². The minimum atomic E-state index is -0.745. The standard InChI is InChI=1S/C6H12N4.C3H6O2/c1-7-2-9-4-8(1)5-10(3-7)6-9;1-2-3(4)5/h1-6H2;2H2,1H3,(H,4,5). The Morgan fingerprint density at radius 3 is 1.27 bits per heavy atom. The molecule has 15 heavy (non-hydrogen) atoms. The smallest absolute Gasteiger partial charge is 0.303 e. The zero-order chi connectivity index (χ0) is 10.8. The highest BCUT2D eigenvalue weighted by Crippen LogP contribution is 2.20. The topological polar surface area (TPSA) is 50.3 Å². The molecule has 6 nitrogen and oxygen atoms in total. The monoisotopic (exact) mass is 214 g/mol. The molecule has 0 amide bonds. The van der Waals surface area contributed by atoms with Gasteiger partial charge in [0.1, 0.15) is 0 Å². The first-order valence-corrected chi connectivity index (χ1v) is 5.28. The van der Waals surface area contributed by atoms with Crippen LogP contribution in [0.25, 0.3) is 0 Å². The fourth-order valence-corrected chi connectivity index (χ4v) is 2.23. The Morgan fingerprint density at radius 1 is 0.933 bits per heavy atom. The van der Waals surface area contributed by atoms with Crippen molar-refractivity contribution in [1.29, 1.82) is 0 Å². The Balaban J connectivity index is 0.000000149. The lowest BCUT2D eigenvalue weighted by Crippen LogP contribution is -2.71. The fourth-order valence-electron chi connectivity index (χ4n) is 2.23. The largest absolute Gasteiger partial charge is 0.481 e. The lowest BCUT2D eigenvalue weighted by molar-refractivity contribution is -0.194. The van der Waals surface area contributed by atoms with Crippen molar-refractivity contribution >= 4 is 5.97 Å².